The maximum atomic E-state index is 13.5. The van der Waals surface area contributed by atoms with E-state index in [9.17, 15) is 13.9 Å². The summed E-state index contributed by atoms with van der Waals surface area (Å²) in [5.41, 5.74) is 0.250. The molecule has 1 aromatic carbocycles. The first-order valence-corrected chi connectivity index (χ1v) is 6.84. The van der Waals surface area contributed by atoms with Crippen molar-refractivity contribution in [2.24, 2.45) is 5.92 Å². The summed E-state index contributed by atoms with van der Waals surface area (Å²) in [5.74, 6) is -0.525. The summed E-state index contributed by atoms with van der Waals surface area (Å²) in [7, 11) is 0. The first-order valence-electron chi connectivity index (χ1n) is 6.84. The first-order chi connectivity index (χ1) is 9.40. The van der Waals surface area contributed by atoms with E-state index < -0.39 is 17.7 Å². The Labute approximate surface area is 119 Å². The predicted octanol–water partition coefficient (Wildman–Crippen LogP) is 2.65. The van der Waals surface area contributed by atoms with Crippen LogP contribution < -0.4 is 5.32 Å². The second-order valence-corrected chi connectivity index (χ2v) is 5.38. The highest BCUT2D eigenvalue weighted by atomic mass is 19.1. The van der Waals surface area contributed by atoms with Crippen LogP contribution in [0.5, 0.6) is 0 Å². The number of hydrogen-bond donors (Lipinski definition) is 2. The van der Waals surface area contributed by atoms with Crippen LogP contribution in [0.4, 0.5) is 8.78 Å². The van der Waals surface area contributed by atoms with Gasteiger partial charge in [0.25, 0.3) is 0 Å². The molecule has 20 heavy (non-hydrogen) atoms. The summed E-state index contributed by atoms with van der Waals surface area (Å²) in [6, 6.07) is 2.96. The molecule has 5 heteroatoms. The van der Waals surface area contributed by atoms with E-state index in [0.717, 1.165) is 18.2 Å². The summed E-state index contributed by atoms with van der Waals surface area (Å²) in [4.78, 5) is 0. The van der Waals surface area contributed by atoms with Crippen LogP contribution in [0.1, 0.15) is 32.4 Å². The van der Waals surface area contributed by atoms with Crippen LogP contribution in [0.15, 0.2) is 18.2 Å². The Morgan fingerprint density at radius 1 is 1.20 bits per heavy atom. The first kappa shape index (κ1) is 17.0. The molecule has 0 fully saturated rings. The van der Waals surface area contributed by atoms with Crippen molar-refractivity contribution in [1.82, 2.24) is 5.32 Å². The van der Waals surface area contributed by atoms with Crippen molar-refractivity contribution in [1.29, 1.82) is 0 Å². The largest absolute Gasteiger partial charge is 0.389 e. The third kappa shape index (κ3) is 5.94. The molecule has 0 aliphatic carbocycles. The van der Waals surface area contributed by atoms with Crippen LogP contribution in [0.3, 0.4) is 0 Å². The molecule has 0 heterocycles. The van der Waals surface area contributed by atoms with Gasteiger partial charge in [0.1, 0.15) is 11.6 Å². The lowest BCUT2D eigenvalue weighted by Gasteiger charge is -2.18. The van der Waals surface area contributed by atoms with Gasteiger partial charge in [-0.05, 0) is 31.0 Å². The SMILES string of the molecule is CC(C)COCC(O)CNC(C)c1cc(F)ccc1F. The van der Waals surface area contributed by atoms with Crippen molar-refractivity contribution in [2.45, 2.75) is 32.9 Å². The van der Waals surface area contributed by atoms with E-state index in [-0.39, 0.29) is 24.8 Å². The summed E-state index contributed by atoms with van der Waals surface area (Å²) in [5, 5.41) is 12.7. The molecule has 1 aromatic rings. The van der Waals surface area contributed by atoms with Crippen molar-refractivity contribution in [3.63, 3.8) is 0 Å². The molecule has 0 spiro atoms. The molecular weight excluding hydrogens is 264 g/mol. The van der Waals surface area contributed by atoms with Gasteiger partial charge in [-0.2, -0.15) is 0 Å². The van der Waals surface area contributed by atoms with Gasteiger partial charge in [0.15, 0.2) is 0 Å². The smallest absolute Gasteiger partial charge is 0.128 e. The van der Waals surface area contributed by atoms with E-state index in [4.69, 9.17) is 4.74 Å². The van der Waals surface area contributed by atoms with Gasteiger partial charge in [0.05, 0.1) is 12.7 Å². The zero-order chi connectivity index (χ0) is 15.1. The molecule has 0 aromatic heterocycles. The average Bonchev–Trinajstić information content (AvgIpc) is 2.38. The third-order valence-electron chi connectivity index (χ3n) is 2.85. The number of aliphatic hydroxyl groups excluding tert-OH is 1. The molecule has 114 valence electrons. The van der Waals surface area contributed by atoms with E-state index in [1.54, 1.807) is 6.92 Å². The number of halogens is 2. The predicted molar refractivity (Wildman–Crippen MR) is 74.4 cm³/mol. The summed E-state index contributed by atoms with van der Waals surface area (Å²) < 4.78 is 31.9. The normalized spacial score (nSPS) is 14.6. The van der Waals surface area contributed by atoms with Gasteiger partial charge in [-0.15, -0.1) is 0 Å². The topological polar surface area (TPSA) is 41.5 Å². The lowest BCUT2D eigenvalue weighted by molar-refractivity contribution is 0.0251. The quantitative estimate of drug-likeness (QED) is 0.772. The van der Waals surface area contributed by atoms with Gasteiger partial charge in [-0.25, -0.2) is 8.78 Å². The molecule has 0 aliphatic heterocycles. The minimum atomic E-state index is -0.673. The molecule has 0 amide bonds. The number of ether oxygens (including phenoxy) is 1. The molecule has 1 rings (SSSR count). The Kier molecular flexibility index (Phi) is 7.05. The van der Waals surface area contributed by atoms with Gasteiger partial charge in [-0.1, -0.05) is 13.8 Å². The summed E-state index contributed by atoms with van der Waals surface area (Å²) >= 11 is 0. The fraction of sp³-hybridized carbons (Fsp3) is 0.600. The van der Waals surface area contributed by atoms with Crippen LogP contribution >= 0.6 is 0 Å². The van der Waals surface area contributed by atoms with E-state index in [0.29, 0.717) is 12.5 Å². The highest BCUT2D eigenvalue weighted by Gasteiger charge is 2.13. The second-order valence-electron chi connectivity index (χ2n) is 5.38. The average molecular weight is 287 g/mol. The van der Waals surface area contributed by atoms with Crippen molar-refractivity contribution in [3.05, 3.63) is 35.4 Å². The molecule has 3 nitrogen and oxygen atoms in total. The van der Waals surface area contributed by atoms with Crippen molar-refractivity contribution < 1.29 is 18.6 Å². The zero-order valence-corrected chi connectivity index (χ0v) is 12.2. The van der Waals surface area contributed by atoms with E-state index in [1.807, 2.05) is 13.8 Å². The Morgan fingerprint density at radius 2 is 1.90 bits per heavy atom. The fourth-order valence-corrected chi connectivity index (χ4v) is 1.77. The van der Waals surface area contributed by atoms with Gasteiger partial charge in [0.2, 0.25) is 0 Å². The van der Waals surface area contributed by atoms with Crippen molar-refractivity contribution in [3.8, 4) is 0 Å². The van der Waals surface area contributed by atoms with Gasteiger partial charge >= 0.3 is 0 Å². The number of benzene rings is 1. The molecule has 0 aliphatic rings. The number of rotatable bonds is 8. The standard InChI is InChI=1S/C15H23F2NO2/c1-10(2)8-20-9-13(19)7-18-11(3)14-6-12(16)4-5-15(14)17/h4-6,10-11,13,18-19H,7-9H2,1-3H3. The van der Waals surface area contributed by atoms with Gasteiger partial charge in [-0.3, -0.25) is 0 Å². The van der Waals surface area contributed by atoms with E-state index >= 15 is 0 Å². The van der Waals surface area contributed by atoms with Crippen LogP contribution in [0.25, 0.3) is 0 Å². The molecule has 0 radical (unpaired) electrons. The Morgan fingerprint density at radius 3 is 2.55 bits per heavy atom. The molecule has 2 unspecified atom stereocenters. The summed E-state index contributed by atoms with van der Waals surface area (Å²) in [6.07, 6.45) is -0.673. The minimum Gasteiger partial charge on any atom is -0.389 e. The Hall–Kier alpha value is -1.04. The fourth-order valence-electron chi connectivity index (χ4n) is 1.77. The second kappa shape index (κ2) is 8.29. The highest BCUT2D eigenvalue weighted by molar-refractivity contribution is 5.21. The van der Waals surface area contributed by atoms with Crippen LogP contribution in [-0.2, 0) is 4.74 Å². The van der Waals surface area contributed by atoms with E-state index in [1.165, 1.54) is 0 Å². The number of nitrogens with one attached hydrogen (secondary N) is 1. The molecule has 0 saturated carbocycles. The van der Waals surface area contributed by atoms with Crippen LogP contribution in [0, 0.1) is 17.6 Å². The molecule has 2 atom stereocenters. The summed E-state index contributed by atoms with van der Waals surface area (Å²) in [6.45, 7) is 6.85. The Balaban J connectivity index is 2.38. The number of aliphatic hydroxyl groups is 1. The lowest BCUT2D eigenvalue weighted by atomic mass is 10.1. The maximum Gasteiger partial charge on any atom is 0.128 e. The molecule has 0 saturated heterocycles. The van der Waals surface area contributed by atoms with Gasteiger partial charge in [0, 0.05) is 24.8 Å². The number of hydrogen-bond acceptors (Lipinski definition) is 3. The van der Waals surface area contributed by atoms with Crippen LogP contribution in [0.2, 0.25) is 0 Å². The monoisotopic (exact) mass is 287 g/mol. The highest BCUT2D eigenvalue weighted by Crippen LogP contribution is 2.17. The van der Waals surface area contributed by atoms with Crippen molar-refractivity contribution >= 4 is 0 Å². The Bertz CT molecular complexity index is 413. The maximum absolute atomic E-state index is 13.5. The van der Waals surface area contributed by atoms with E-state index in [2.05, 4.69) is 5.32 Å². The minimum absolute atomic E-state index is 0.226. The zero-order valence-electron chi connectivity index (χ0n) is 12.2. The molecule has 0 bridgehead atoms. The van der Waals surface area contributed by atoms with Crippen LogP contribution in [-0.4, -0.2) is 31.0 Å². The molecular formula is C15H23F2NO2. The third-order valence-corrected chi connectivity index (χ3v) is 2.85. The lowest BCUT2D eigenvalue weighted by Crippen LogP contribution is -2.32. The molecule has 2 N–H and O–H groups in total. The van der Waals surface area contributed by atoms with Crippen molar-refractivity contribution in [2.75, 3.05) is 19.8 Å². The van der Waals surface area contributed by atoms with Gasteiger partial charge < -0.3 is 15.2 Å².